The van der Waals surface area contributed by atoms with Crippen LogP contribution >= 0.6 is 0 Å². The fourth-order valence-electron chi connectivity index (χ4n) is 2.02. The Bertz CT molecular complexity index is 426. The predicted octanol–water partition coefficient (Wildman–Crippen LogP) is 1.46. The van der Waals surface area contributed by atoms with E-state index in [0.29, 0.717) is 18.7 Å². The average Bonchev–Trinajstić information content (AvgIpc) is 2.34. The van der Waals surface area contributed by atoms with Crippen molar-refractivity contribution in [2.45, 2.75) is 39.5 Å². The number of primary amides is 1. The number of Topliss-reactive ketones (excluding diaryl/α,β-unsaturated/α-hetero) is 1. The number of amides is 1. The van der Waals surface area contributed by atoms with Crippen LogP contribution in [0.5, 0.6) is 0 Å². The van der Waals surface area contributed by atoms with Gasteiger partial charge in [-0.1, -0.05) is 18.5 Å². The number of nitrogens with two attached hydrogens (primary N) is 1. The minimum Gasteiger partial charge on any atom is -0.511 e. The van der Waals surface area contributed by atoms with Crippen molar-refractivity contribution in [3.63, 3.8) is 0 Å². The summed E-state index contributed by atoms with van der Waals surface area (Å²) >= 11 is 0. The lowest BCUT2D eigenvalue weighted by Crippen LogP contribution is -2.32. The first-order chi connectivity index (χ1) is 9.01. The van der Waals surface area contributed by atoms with E-state index in [0.717, 1.165) is 6.42 Å². The zero-order valence-corrected chi connectivity index (χ0v) is 11.3. The van der Waals surface area contributed by atoms with Crippen molar-refractivity contribution in [2.75, 3.05) is 6.61 Å². The second kappa shape index (κ2) is 6.92. The van der Waals surface area contributed by atoms with Gasteiger partial charge in [-0.25, -0.2) is 0 Å². The molecular formula is C13H20N2O4. The standard InChI is InChI=1S/C13H20N2O4/c1-3-5-9(15-19-4-2)12-10(16)6-8(13(14)18)7-11(12)17/h8,16H,3-7H2,1-2H3,(H2,14,18). The van der Waals surface area contributed by atoms with Crippen LogP contribution in [0, 0.1) is 5.92 Å². The Balaban J connectivity index is 3.04. The second-order valence-electron chi connectivity index (χ2n) is 4.46. The molecule has 0 fully saturated rings. The number of carbonyl (C=O) groups is 2. The molecule has 0 saturated carbocycles. The third-order valence-corrected chi connectivity index (χ3v) is 2.92. The molecule has 0 heterocycles. The van der Waals surface area contributed by atoms with E-state index in [4.69, 9.17) is 10.6 Å². The molecule has 1 aliphatic carbocycles. The summed E-state index contributed by atoms with van der Waals surface area (Å²) in [6.45, 7) is 4.12. The van der Waals surface area contributed by atoms with Gasteiger partial charge in [0.25, 0.3) is 0 Å². The highest BCUT2D eigenvalue weighted by molar-refractivity contribution is 6.23. The minimum absolute atomic E-state index is 0.0174. The number of rotatable bonds is 6. The smallest absolute Gasteiger partial charge is 0.221 e. The van der Waals surface area contributed by atoms with Gasteiger partial charge in [0.2, 0.25) is 5.91 Å². The van der Waals surface area contributed by atoms with Crippen molar-refractivity contribution in [1.82, 2.24) is 0 Å². The lowest BCUT2D eigenvalue weighted by atomic mass is 9.84. The lowest BCUT2D eigenvalue weighted by molar-refractivity contribution is -0.126. The van der Waals surface area contributed by atoms with Gasteiger partial charge < -0.3 is 15.7 Å². The topological polar surface area (TPSA) is 102 Å². The number of allylic oxidation sites excluding steroid dienone is 2. The number of aliphatic hydroxyl groups is 1. The third kappa shape index (κ3) is 3.81. The molecule has 6 heteroatoms. The van der Waals surface area contributed by atoms with E-state index in [1.165, 1.54) is 0 Å². The van der Waals surface area contributed by atoms with Crippen LogP contribution in [0.3, 0.4) is 0 Å². The molecule has 0 bridgehead atoms. The summed E-state index contributed by atoms with van der Waals surface area (Å²) < 4.78 is 0. The van der Waals surface area contributed by atoms with E-state index in [9.17, 15) is 14.7 Å². The zero-order valence-electron chi connectivity index (χ0n) is 11.3. The quantitative estimate of drug-likeness (QED) is 0.562. The first-order valence-electron chi connectivity index (χ1n) is 6.45. The van der Waals surface area contributed by atoms with Crippen LogP contribution in [-0.4, -0.2) is 29.1 Å². The average molecular weight is 268 g/mol. The highest BCUT2D eigenvalue weighted by Gasteiger charge is 2.33. The number of carbonyl (C=O) groups excluding carboxylic acids is 2. The number of nitrogens with zero attached hydrogens (tertiary/aromatic N) is 1. The van der Waals surface area contributed by atoms with Gasteiger partial charge in [0.05, 0.1) is 17.2 Å². The van der Waals surface area contributed by atoms with Gasteiger partial charge in [-0.05, 0) is 13.3 Å². The largest absolute Gasteiger partial charge is 0.511 e. The van der Waals surface area contributed by atoms with Crippen LogP contribution in [0.25, 0.3) is 0 Å². The number of aliphatic hydroxyl groups excluding tert-OH is 1. The SMILES string of the molecule is CCCC(=NOCC)C1=C(O)CC(C(N)=O)CC1=O. The maximum Gasteiger partial charge on any atom is 0.221 e. The summed E-state index contributed by atoms with van der Waals surface area (Å²) in [5.41, 5.74) is 5.80. The summed E-state index contributed by atoms with van der Waals surface area (Å²) in [5.74, 6) is -1.63. The molecule has 0 aromatic rings. The van der Waals surface area contributed by atoms with Crippen LogP contribution in [-0.2, 0) is 14.4 Å². The van der Waals surface area contributed by atoms with E-state index in [2.05, 4.69) is 5.16 Å². The molecule has 0 aromatic heterocycles. The van der Waals surface area contributed by atoms with Crippen LogP contribution in [0.1, 0.15) is 39.5 Å². The number of hydrogen-bond donors (Lipinski definition) is 2. The van der Waals surface area contributed by atoms with E-state index in [1.807, 2.05) is 6.92 Å². The molecule has 19 heavy (non-hydrogen) atoms. The molecule has 0 aliphatic heterocycles. The molecule has 1 unspecified atom stereocenters. The van der Waals surface area contributed by atoms with Gasteiger partial charge in [-0.2, -0.15) is 0 Å². The monoisotopic (exact) mass is 268 g/mol. The van der Waals surface area contributed by atoms with Crippen LogP contribution in [0.15, 0.2) is 16.5 Å². The second-order valence-corrected chi connectivity index (χ2v) is 4.46. The van der Waals surface area contributed by atoms with Gasteiger partial charge >= 0.3 is 0 Å². The maximum atomic E-state index is 12.0. The molecule has 1 atom stereocenters. The van der Waals surface area contributed by atoms with Crippen LogP contribution in [0.2, 0.25) is 0 Å². The fraction of sp³-hybridized carbons (Fsp3) is 0.615. The molecule has 6 nitrogen and oxygen atoms in total. The highest BCUT2D eigenvalue weighted by atomic mass is 16.6. The molecule has 106 valence electrons. The summed E-state index contributed by atoms with van der Waals surface area (Å²) in [6.07, 6.45) is 1.41. The maximum absolute atomic E-state index is 12.0. The Morgan fingerprint density at radius 2 is 2.16 bits per heavy atom. The Hall–Kier alpha value is -1.85. The van der Waals surface area contributed by atoms with Gasteiger partial charge in [0, 0.05) is 12.8 Å². The van der Waals surface area contributed by atoms with Crippen LogP contribution < -0.4 is 5.73 Å². The van der Waals surface area contributed by atoms with Gasteiger partial charge in [0.1, 0.15) is 12.4 Å². The number of hydrogen-bond acceptors (Lipinski definition) is 5. The fourth-order valence-corrected chi connectivity index (χ4v) is 2.02. The van der Waals surface area contributed by atoms with Gasteiger partial charge in [-0.15, -0.1) is 0 Å². The molecule has 0 aromatic carbocycles. The molecule has 3 N–H and O–H groups in total. The molecule has 0 spiro atoms. The van der Waals surface area contributed by atoms with Crippen molar-refractivity contribution in [2.24, 2.45) is 16.8 Å². The molecule has 1 rings (SSSR count). The first-order valence-corrected chi connectivity index (χ1v) is 6.45. The molecule has 0 saturated heterocycles. The van der Waals surface area contributed by atoms with Crippen molar-refractivity contribution in [3.8, 4) is 0 Å². The van der Waals surface area contributed by atoms with Crippen molar-refractivity contribution < 1.29 is 19.5 Å². The first kappa shape index (κ1) is 15.2. The Morgan fingerprint density at radius 1 is 1.47 bits per heavy atom. The lowest BCUT2D eigenvalue weighted by Gasteiger charge is -2.21. The molecule has 0 radical (unpaired) electrons. The van der Waals surface area contributed by atoms with Crippen molar-refractivity contribution in [3.05, 3.63) is 11.3 Å². The van der Waals surface area contributed by atoms with E-state index in [1.54, 1.807) is 6.92 Å². The predicted molar refractivity (Wildman–Crippen MR) is 70.5 cm³/mol. The molecule has 1 amide bonds. The summed E-state index contributed by atoms with van der Waals surface area (Å²) in [7, 11) is 0. The van der Waals surface area contributed by atoms with E-state index >= 15 is 0 Å². The minimum atomic E-state index is -0.633. The molecular weight excluding hydrogens is 248 g/mol. The Morgan fingerprint density at radius 3 is 2.63 bits per heavy atom. The Labute approximate surface area is 112 Å². The highest BCUT2D eigenvalue weighted by Crippen LogP contribution is 2.27. The van der Waals surface area contributed by atoms with Gasteiger partial charge in [-0.3, -0.25) is 9.59 Å². The Kier molecular flexibility index (Phi) is 5.54. The van der Waals surface area contributed by atoms with E-state index < -0.39 is 11.8 Å². The van der Waals surface area contributed by atoms with Crippen molar-refractivity contribution >= 4 is 17.4 Å². The summed E-state index contributed by atoms with van der Waals surface area (Å²) in [6, 6.07) is 0. The normalized spacial score (nSPS) is 20.6. The van der Waals surface area contributed by atoms with Crippen LogP contribution in [0.4, 0.5) is 0 Å². The summed E-state index contributed by atoms with van der Waals surface area (Å²) in [5, 5.41) is 13.9. The number of oxime groups is 1. The number of ketones is 1. The molecule has 1 aliphatic rings. The van der Waals surface area contributed by atoms with E-state index in [-0.39, 0.29) is 30.0 Å². The van der Waals surface area contributed by atoms with Crippen molar-refractivity contribution in [1.29, 1.82) is 0 Å². The van der Waals surface area contributed by atoms with Gasteiger partial charge in [0.15, 0.2) is 5.78 Å². The zero-order chi connectivity index (χ0) is 14.4. The summed E-state index contributed by atoms with van der Waals surface area (Å²) in [4.78, 5) is 28.1. The third-order valence-electron chi connectivity index (χ3n) is 2.92.